The van der Waals surface area contributed by atoms with Crippen LogP contribution in [0.4, 0.5) is 0 Å². The second-order valence-electron chi connectivity index (χ2n) is 4.98. The fraction of sp³-hybridized carbons (Fsp3) is 0.417. The molecule has 0 bridgehead atoms. The van der Waals surface area contributed by atoms with Crippen molar-refractivity contribution in [2.45, 2.75) is 32.7 Å². The second-order valence-corrected chi connectivity index (χ2v) is 5.32. The summed E-state index contributed by atoms with van der Waals surface area (Å²) in [6.45, 7) is 6.95. The van der Waals surface area contributed by atoms with Crippen LogP contribution < -0.4 is 0 Å². The van der Waals surface area contributed by atoms with Crippen LogP contribution in [-0.4, -0.2) is 19.7 Å². The van der Waals surface area contributed by atoms with Gasteiger partial charge in [-0.05, 0) is 29.3 Å². The molecular weight excluding hydrogens is 236 g/mol. The molecule has 0 radical (unpaired) electrons. The minimum Gasteiger partial charge on any atom is -0.297 e. The molecule has 0 aromatic carbocycles. The smallest absolute Gasteiger partial charge is 0.225 e. The van der Waals surface area contributed by atoms with E-state index < -0.39 is 0 Å². The van der Waals surface area contributed by atoms with Crippen LogP contribution in [0, 0.1) is 0 Å². The number of hydrogen-bond acceptors (Lipinski definition) is 3. The molecular formula is C12H15ClN4. The van der Waals surface area contributed by atoms with Crippen LogP contribution in [0.3, 0.4) is 0 Å². The molecule has 2 heterocycles. The topological polar surface area (TPSA) is 43.6 Å². The van der Waals surface area contributed by atoms with Gasteiger partial charge < -0.3 is 0 Å². The minimum atomic E-state index is -0.0762. The van der Waals surface area contributed by atoms with Crippen molar-refractivity contribution in [2.24, 2.45) is 0 Å². The zero-order valence-corrected chi connectivity index (χ0v) is 10.9. The largest absolute Gasteiger partial charge is 0.297 e. The van der Waals surface area contributed by atoms with Gasteiger partial charge in [0.2, 0.25) is 5.28 Å². The molecule has 2 aromatic heterocycles. The van der Waals surface area contributed by atoms with E-state index in [0.717, 1.165) is 11.4 Å². The maximum atomic E-state index is 6.07. The van der Waals surface area contributed by atoms with Gasteiger partial charge in [-0.25, -0.2) is 0 Å². The molecule has 0 fully saturated rings. The molecule has 5 heteroatoms. The summed E-state index contributed by atoms with van der Waals surface area (Å²) < 4.78 is 1.93. The Morgan fingerprint density at radius 2 is 1.82 bits per heavy atom. The van der Waals surface area contributed by atoms with Crippen molar-refractivity contribution in [1.29, 1.82) is 0 Å². The molecule has 4 nitrogen and oxygen atoms in total. The van der Waals surface area contributed by atoms with Gasteiger partial charge in [0, 0.05) is 17.8 Å². The first-order chi connectivity index (χ1) is 7.98. The van der Waals surface area contributed by atoms with Gasteiger partial charge in [-0.15, -0.1) is 10.2 Å². The SMILES string of the molecule is CC(C)(C)c1nnc(Cl)n1Cc1ccncc1. The third-order valence-corrected chi connectivity index (χ3v) is 2.75. The Morgan fingerprint density at radius 3 is 2.41 bits per heavy atom. The van der Waals surface area contributed by atoms with E-state index in [2.05, 4.69) is 36.0 Å². The standard InChI is InChI=1S/C12H15ClN4/c1-12(2,3)10-15-16-11(13)17(10)8-9-4-6-14-7-5-9/h4-7H,8H2,1-3H3. The molecule has 90 valence electrons. The van der Waals surface area contributed by atoms with E-state index in [4.69, 9.17) is 11.6 Å². The number of nitrogens with zero attached hydrogens (tertiary/aromatic N) is 4. The summed E-state index contributed by atoms with van der Waals surface area (Å²) in [7, 11) is 0. The highest BCUT2D eigenvalue weighted by molar-refractivity contribution is 6.28. The lowest BCUT2D eigenvalue weighted by atomic mass is 9.95. The fourth-order valence-corrected chi connectivity index (χ4v) is 1.83. The number of hydrogen-bond donors (Lipinski definition) is 0. The summed E-state index contributed by atoms with van der Waals surface area (Å²) in [4.78, 5) is 3.99. The lowest BCUT2D eigenvalue weighted by Crippen LogP contribution is -2.19. The van der Waals surface area contributed by atoms with Crippen molar-refractivity contribution in [1.82, 2.24) is 19.7 Å². The molecule has 0 aliphatic heterocycles. The van der Waals surface area contributed by atoms with E-state index >= 15 is 0 Å². The molecule has 0 amide bonds. The first-order valence-electron chi connectivity index (χ1n) is 5.46. The van der Waals surface area contributed by atoms with Crippen molar-refractivity contribution in [3.63, 3.8) is 0 Å². The predicted molar refractivity (Wildman–Crippen MR) is 67.1 cm³/mol. The van der Waals surface area contributed by atoms with Crippen molar-refractivity contribution < 1.29 is 0 Å². The molecule has 0 atom stereocenters. The van der Waals surface area contributed by atoms with E-state index in [1.165, 1.54) is 0 Å². The minimum absolute atomic E-state index is 0.0762. The Kier molecular flexibility index (Phi) is 3.15. The molecule has 0 N–H and O–H groups in total. The summed E-state index contributed by atoms with van der Waals surface area (Å²) >= 11 is 6.07. The van der Waals surface area contributed by atoms with Crippen molar-refractivity contribution >= 4 is 11.6 Å². The van der Waals surface area contributed by atoms with Gasteiger partial charge >= 0.3 is 0 Å². The normalized spacial score (nSPS) is 11.8. The Balaban J connectivity index is 2.36. The van der Waals surface area contributed by atoms with Gasteiger partial charge in [0.15, 0.2) is 0 Å². The van der Waals surface area contributed by atoms with E-state index in [1.54, 1.807) is 12.4 Å². The van der Waals surface area contributed by atoms with Gasteiger partial charge in [-0.3, -0.25) is 9.55 Å². The number of halogens is 1. The Morgan fingerprint density at radius 1 is 1.18 bits per heavy atom. The Labute approximate surface area is 106 Å². The van der Waals surface area contributed by atoms with E-state index in [9.17, 15) is 0 Å². The van der Waals surface area contributed by atoms with E-state index in [-0.39, 0.29) is 5.41 Å². The predicted octanol–water partition coefficient (Wildman–Crippen LogP) is 2.67. The molecule has 2 rings (SSSR count). The average Bonchev–Trinajstić information content (AvgIpc) is 2.62. The first kappa shape index (κ1) is 12.0. The molecule has 0 saturated carbocycles. The monoisotopic (exact) mass is 250 g/mol. The molecule has 0 unspecified atom stereocenters. The maximum Gasteiger partial charge on any atom is 0.225 e. The summed E-state index contributed by atoms with van der Waals surface area (Å²) in [5, 5.41) is 8.51. The van der Waals surface area contributed by atoms with Crippen LogP contribution in [-0.2, 0) is 12.0 Å². The van der Waals surface area contributed by atoms with Gasteiger partial charge in [0.05, 0.1) is 6.54 Å². The van der Waals surface area contributed by atoms with Crippen molar-refractivity contribution in [3.05, 3.63) is 41.2 Å². The molecule has 0 spiro atoms. The third kappa shape index (κ3) is 2.64. The zero-order valence-electron chi connectivity index (χ0n) is 10.2. The zero-order chi connectivity index (χ0) is 12.5. The van der Waals surface area contributed by atoms with E-state index in [1.807, 2.05) is 16.7 Å². The van der Waals surface area contributed by atoms with Crippen LogP contribution >= 0.6 is 11.6 Å². The van der Waals surface area contributed by atoms with Crippen LogP contribution in [0.2, 0.25) is 5.28 Å². The molecule has 2 aromatic rings. The average molecular weight is 251 g/mol. The summed E-state index contributed by atoms with van der Waals surface area (Å²) in [5.74, 6) is 0.888. The van der Waals surface area contributed by atoms with Gasteiger partial charge in [-0.2, -0.15) is 0 Å². The molecule has 17 heavy (non-hydrogen) atoms. The highest BCUT2D eigenvalue weighted by Gasteiger charge is 2.23. The van der Waals surface area contributed by atoms with Gasteiger partial charge in [-0.1, -0.05) is 20.8 Å². The van der Waals surface area contributed by atoms with Crippen LogP contribution in [0.15, 0.2) is 24.5 Å². The molecule has 0 aliphatic rings. The third-order valence-electron chi connectivity index (χ3n) is 2.47. The number of aromatic nitrogens is 4. The number of rotatable bonds is 2. The van der Waals surface area contributed by atoms with Crippen LogP contribution in [0.1, 0.15) is 32.2 Å². The maximum absolute atomic E-state index is 6.07. The van der Waals surface area contributed by atoms with Gasteiger partial charge in [0.25, 0.3) is 0 Å². The summed E-state index contributed by atoms with van der Waals surface area (Å²) in [6, 6.07) is 3.92. The Bertz CT molecular complexity index is 499. The van der Waals surface area contributed by atoms with Crippen molar-refractivity contribution in [3.8, 4) is 0 Å². The van der Waals surface area contributed by atoms with Gasteiger partial charge in [0.1, 0.15) is 5.82 Å². The van der Waals surface area contributed by atoms with E-state index in [0.29, 0.717) is 11.8 Å². The molecule has 0 saturated heterocycles. The summed E-state index contributed by atoms with van der Waals surface area (Å²) in [6.07, 6.45) is 3.54. The fourth-order valence-electron chi connectivity index (χ4n) is 1.65. The Hall–Kier alpha value is -1.42. The molecule has 0 aliphatic carbocycles. The van der Waals surface area contributed by atoms with Crippen LogP contribution in [0.25, 0.3) is 0 Å². The highest BCUT2D eigenvalue weighted by Crippen LogP contribution is 2.23. The quantitative estimate of drug-likeness (QED) is 0.823. The van der Waals surface area contributed by atoms with Crippen LogP contribution in [0.5, 0.6) is 0 Å². The lowest BCUT2D eigenvalue weighted by molar-refractivity contribution is 0.510. The summed E-state index contributed by atoms with van der Waals surface area (Å²) in [5.41, 5.74) is 1.06. The lowest BCUT2D eigenvalue weighted by Gasteiger charge is -2.18. The van der Waals surface area contributed by atoms with Crippen molar-refractivity contribution in [2.75, 3.05) is 0 Å². The highest BCUT2D eigenvalue weighted by atomic mass is 35.5. The first-order valence-corrected chi connectivity index (χ1v) is 5.84. The second kappa shape index (κ2) is 4.45. The number of pyridine rings is 1.